The zero-order valence-electron chi connectivity index (χ0n) is 9.08. The molecule has 1 aromatic rings. The van der Waals surface area contributed by atoms with E-state index in [9.17, 15) is 0 Å². The topological polar surface area (TPSA) is 27.7 Å². The fourth-order valence-electron chi connectivity index (χ4n) is 1.52. The zero-order chi connectivity index (χ0) is 11.2. The smallest absolute Gasteiger partial charge is 0.231 e. The van der Waals surface area contributed by atoms with Gasteiger partial charge in [0.05, 0.1) is 6.61 Å². The molecule has 0 aromatic heterocycles. The van der Waals surface area contributed by atoms with Gasteiger partial charge >= 0.3 is 0 Å². The number of hydrogen-bond donors (Lipinski definition) is 0. The number of rotatable bonds is 6. The Balaban J connectivity index is 1.77. The zero-order valence-corrected chi connectivity index (χ0v) is 9.83. The molecule has 0 atom stereocenters. The van der Waals surface area contributed by atoms with Gasteiger partial charge in [0, 0.05) is 12.5 Å². The van der Waals surface area contributed by atoms with E-state index in [4.69, 9.17) is 25.8 Å². The Kier molecular flexibility index (Phi) is 4.31. The first kappa shape index (κ1) is 11.6. The van der Waals surface area contributed by atoms with Crippen molar-refractivity contribution in [1.29, 1.82) is 0 Å². The molecular weight excluding hydrogens is 228 g/mol. The fourth-order valence-corrected chi connectivity index (χ4v) is 1.71. The molecule has 3 nitrogen and oxygen atoms in total. The van der Waals surface area contributed by atoms with Crippen LogP contribution in [0.5, 0.6) is 11.5 Å². The van der Waals surface area contributed by atoms with Crippen LogP contribution in [0.2, 0.25) is 0 Å². The molecule has 88 valence electrons. The molecule has 0 N–H and O–H groups in total. The first-order valence-corrected chi connectivity index (χ1v) is 5.96. The summed E-state index contributed by atoms with van der Waals surface area (Å²) in [6.45, 7) is 1.68. The minimum atomic E-state index is 0.315. The molecule has 2 rings (SSSR count). The summed E-state index contributed by atoms with van der Waals surface area (Å²) < 4.78 is 16.0. The first-order valence-electron chi connectivity index (χ1n) is 5.42. The normalized spacial score (nSPS) is 13.1. The maximum atomic E-state index is 5.58. The predicted molar refractivity (Wildman–Crippen MR) is 62.2 cm³/mol. The van der Waals surface area contributed by atoms with E-state index in [-0.39, 0.29) is 0 Å². The van der Waals surface area contributed by atoms with Crippen LogP contribution in [-0.2, 0) is 11.3 Å². The number of ether oxygens (including phenoxy) is 3. The average molecular weight is 243 g/mol. The number of unbranched alkanes of at least 4 members (excludes halogenated alkanes) is 1. The van der Waals surface area contributed by atoms with Gasteiger partial charge in [-0.2, -0.15) is 0 Å². The van der Waals surface area contributed by atoms with Gasteiger partial charge in [-0.3, -0.25) is 0 Å². The molecule has 16 heavy (non-hydrogen) atoms. The van der Waals surface area contributed by atoms with Crippen molar-refractivity contribution in [2.24, 2.45) is 0 Å². The highest BCUT2D eigenvalue weighted by Gasteiger charge is 2.12. The first-order chi connectivity index (χ1) is 7.90. The number of fused-ring (bicyclic) bond motifs is 1. The second-order valence-electron chi connectivity index (χ2n) is 3.64. The molecule has 0 radical (unpaired) electrons. The van der Waals surface area contributed by atoms with Gasteiger partial charge in [0.25, 0.3) is 0 Å². The lowest BCUT2D eigenvalue weighted by atomic mass is 10.2. The van der Waals surface area contributed by atoms with Gasteiger partial charge in [-0.1, -0.05) is 6.07 Å². The largest absolute Gasteiger partial charge is 0.454 e. The van der Waals surface area contributed by atoms with E-state index in [2.05, 4.69) is 0 Å². The van der Waals surface area contributed by atoms with Crippen molar-refractivity contribution in [3.8, 4) is 11.5 Å². The highest BCUT2D eigenvalue weighted by atomic mass is 35.5. The molecule has 4 heteroatoms. The summed E-state index contributed by atoms with van der Waals surface area (Å²) in [5.41, 5.74) is 1.11. The molecule has 0 spiro atoms. The monoisotopic (exact) mass is 242 g/mol. The third-order valence-corrected chi connectivity index (χ3v) is 2.65. The molecular formula is C12H15ClO3. The lowest BCUT2D eigenvalue weighted by Gasteiger charge is -2.04. The van der Waals surface area contributed by atoms with Crippen molar-refractivity contribution >= 4 is 11.6 Å². The van der Waals surface area contributed by atoms with Gasteiger partial charge < -0.3 is 14.2 Å². The highest BCUT2D eigenvalue weighted by molar-refractivity contribution is 6.17. The Morgan fingerprint density at radius 2 is 2.06 bits per heavy atom. The van der Waals surface area contributed by atoms with Crippen LogP contribution in [0, 0.1) is 0 Å². The Bertz CT molecular complexity index is 341. The molecule has 0 unspecified atom stereocenters. The number of hydrogen-bond acceptors (Lipinski definition) is 3. The van der Waals surface area contributed by atoms with Crippen LogP contribution in [0.4, 0.5) is 0 Å². The van der Waals surface area contributed by atoms with Crippen molar-refractivity contribution in [3.63, 3.8) is 0 Å². The van der Waals surface area contributed by atoms with Crippen LogP contribution >= 0.6 is 11.6 Å². The van der Waals surface area contributed by atoms with Crippen molar-refractivity contribution in [2.45, 2.75) is 19.4 Å². The lowest BCUT2D eigenvalue weighted by molar-refractivity contribution is 0.118. The molecule has 1 aliphatic rings. The van der Waals surface area contributed by atoms with E-state index in [1.54, 1.807) is 0 Å². The molecule has 0 bridgehead atoms. The molecule has 1 aromatic carbocycles. The molecule has 0 saturated carbocycles. The SMILES string of the molecule is ClCCCCOCc1ccc2c(c1)OCO2. The van der Waals surface area contributed by atoms with Crippen molar-refractivity contribution in [2.75, 3.05) is 19.3 Å². The molecule has 0 aliphatic carbocycles. The van der Waals surface area contributed by atoms with Crippen molar-refractivity contribution in [3.05, 3.63) is 23.8 Å². The number of benzene rings is 1. The summed E-state index contributed by atoms with van der Waals surface area (Å²) in [6, 6.07) is 5.87. The summed E-state index contributed by atoms with van der Waals surface area (Å²) in [5, 5.41) is 0. The van der Waals surface area contributed by atoms with Gasteiger partial charge in [0.15, 0.2) is 11.5 Å². The number of alkyl halides is 1. The third kappa shape index (κ3) is 3.03. The minimum absolute atomic E-state index is 0.315. The second-order valence-corrected chi connectivity index (χ2v) is 4.01. The van der Waals surface area contributed by atoms with Gasteiger partial charge in [-0.05, 0) is 30.5 Å². The Hall–Kier alpha value is -0.930. The van der Waals surface area contributed by atoms with Crippen molar-refractivity contribution in [1.82, 2.24) is 0 Å². The van der Waals surface area contributed by atoms with Gasteiger partial charge in [0.2, 0.25) is 6.79 Å². The summed E-state index contributed by atoms with van der Waals surface area (Å²) in [4.78, 5) is 0. The quantitative estimate of drug-likeness (QED) is 0.567. The summed E-state index contributed by atoms with van der Waals surface area (Å²) >= 11 is 5.58. The third-order valence-electron chi connectivity index (χ3n) is 2.38. The molecule has 0 saturated heterocycles. The Morgan fingerprint density at radius 1 is 1.19 bits per heavy atom. The minimum Gasteiger partial charge on any atom is -0.454 e. The summed E-state index contributed by atoms with van der Waals surface area (Å²) in [5.74, 6) is 2.32. The van der Waals surface area contributed by atoms with E-state index in [1.165, 1.54) is 0 Å². The van der Waals surface area contributed by atoms with Crippen LogP contribution in [0.3, 0.4) is 0 Å². The van der Waals surface area contributed by atoms with Crippen LogP contribution in [0.15, 0.2) is 18.2 Å². The maximum absolute atomic E-state index is 5.58. The lowest BCUT2D eigenvalue weighted by Crippen LogP contribution is -1.96. The van der Waals surface area contributed by atoms with E-state index >= 15 is 0 Å². The highest BCUT2D eigenvalue weighted by Crippen LogP contribution is 2.32. The molecule has 0 amide bonds. The second kappa shape index (κ2) is 5.97. The van der Waals surface area contributed by atoms with Crippen molar-refractivity contribution < 1.29 is 14.2 Å². The Labute approximate surface area is 100 Å². The molecule has 1 heterocycles. The predicted octanol–water partition coefficient (Wildman–Crippen LogP) is 2.95. The van der Waals surface area contributed by atoms with E-state index < -0.39 is 0 Å². The van der Waals surface area contributed by atoms with E-state index in [1.807, 2.05) is 18.2 Å². The Morgan fingerprint density at radius 3 is 2.94 bits per heavy atom. The maximum Gasteiger partial charge on any atom is 0.231 e. The van der Waals surface area contributed by atoms with Gasteiger partial charge in [-0.15, -0.1) is 11.6 Å². The standard InChI is InChI=1S/C12H15ClO3/c13-5-1-2-6-14-8-10-3-4-11-12(7-10)16-9-15-11/h3-4,7H,1-2,5-6,8-9H2. The average Bonchev–Trinajstić information content (AvgIpc) is 2.76. The number of halogens is 1. The van der Waals surface area contributed by atoms with E-state index in [0.717, 1.165) is 36.5 Å². The van der Waals surface area contributed by atoms with Crippen LogP contribution in [0.25, 0.3) is 0 Å². The van der Waals surface area contributed by atoms with Crippen LogP contribution in [0.1, 0.15) is 18.4 Å². The summed E-state index contributed by atoms with van der Waals surface area (Å²) in [6.07, 6.45) is 2.01. The summed E-state index contributed by atoms with van der Waals surface area (Å²) in [7, 11) is 0. The van der Waals surface area contributed by atoms with Crippen LogP contribution < -0.4 is 9.47 Å². The van der Waals surface area contributed by atoms with Crippen LogP contribution in [-0.4, -0.2) is 19.3 Å². The molecule has 0 fully saturated rings. The fraction of sp³-hybridized carbons (Fsp3) is 0.500. The van der Waals surface area contributed by atoms with E-state index in [0.29, 0.717) is 19.3 Å². The molecule has 1 aliphatic heterocycles. The van der Waals surface area contributed by atoms with Gasteiger partial charge in [0.1, 0.15) is 0 Å². The van der Waals surface area contributed by atoms with Gasteiger partial charge in [-0.25, -0.2) is 0 Å².